The highest BCUT2D eigenvalue weighted by Crippen LogP contribution is 2.19. The molecule has 0 saturated heterocycles. The molecule has 0 amide bonds. The summed E-state index contributed by atoms with van der Waals surface area (Å²) >= 11 is 0. The monoisotopic (exact) mass is 259 g/mol. The molecule has 0 atom stereocenters. The molecule has 0 aliphatic heterocycles. The number of benzene rings is 1. The highest BCUT2D eigenvalue weighted by molar-refractivity contribution is 6.01. The lowest BCUT2D eigenvalue weighted by Crippen LogP contribution is -2.09. The van der Waals surface area contributed by atoms with Crippen molar-refractivity contribution in [2.24, 2.45) is 0 Å². The van der Waals surface area contributed by atoms with E-state index in [1.165, 1.54) is 12.1 Å². The molecule has 0 unspecified atom stereocenters. The van der Waals surface area contributed by atoms with Crippen molar-refractivity contribution in [3.8, 4) is 6.07 Å². The van der Waals surface area contributed by atoms with Crippen molar-refractivity contribution in [1.29, 1.82) is 5.26 Å². The Kier molecular flexibility index (Phi) is 4.84. The van der Waals surface area contributed by atoms with Crippen LogP contribution in [0.3, 0.4) is 0 Å². The van der Waals surface area contributed by atoms with E-state index in [-0.39, 0.29) is 22.8 Å². The Labute approximate surface area is 110 Å². The first-order valence-electron chi connectivity index (χ1n) is 5.60. The summed E-state index contributed by atoms with van der Waals surface area (Å²) in [6, 6.07) is 7.81. The van der Waals surface area contributed by atoms with E-state index in [0.717, 1.165) is 6.08 Å². The molecule has 1 aromatic carbocycles. The Bertz CT molecular complexity index is 567. The van der Waals surface area contributed by atoms with E-state index in [2.05, 4.69) is 0 Å². The molecule has 5 heteroatoms. The van der Waals surface area contributed by atoms with Gasteiger partial charge in [-0.1, -0.05) is 18.2 Å². The molecule has 1 N–H and O–H groups in total. The Morgan fingerprint density at radius 2 is 1.89 bits per heavy atom. The van der Waals surface area contributed by atoms with Crippen LogP contribution in [0, 0.1) is 11.3 Å². The van der Waals surface area contributed by atoms with Gasteiger partial charge in [0.2, 0.25) is 0 Å². The van der Waals surface area contributed by atoms with Crippen LogP contribution in [0.5, 0.6) is 0 Å². The minimum absolute atomic E-state index is 0.0346. The van der Waals surface area contributed by atoms with Gasteiger partial charge >= 0.3 is 11.9 Å². The Balaban J connectivity index is 3.18. The number of hydrogen-bond donors (Lipinski definition) is 1. The van der Waals surface area contributed by atoms with Crippen LogP contribution in [-0.2, 0) is 9.53 Å². The molecular formula is C14H13NO4. The molecule has 98 valence electrons. The minimum Gasteiger partial charge on any atom is -0.478 e. The second kappa shape index (κ2) is 6.36. The molecule has 0 saturated carbocycles. The molecule has 0 aromatic heterocycles. The number of ether oxygens (including phenoxy) is 1. The zero-order chi connectivity index (χ0) is 14.4. The number of esters is 1. The third kappa shape index (κ3) is 3.96. The van der Waals surface area contributed by atoms with Crippen molar-refractivity contribution in [3.05, 3.63) is 41.5 Å². The van der Waals surface area contributed by atoms with Gasteiger partial charge in [-0.25, -0.2) is 9.59 Å². The van der Waals surface area contributed by atoms with Gasteiger partial charge in [0.05, 0.1) is 17.2 Å². The smallest absolute Gasteiger partial charge is 0.336 e. The van der Waals surface area contributed by atoms with E-state index in [1.807, 2.05) is 6.07 Å². The van der Waals surface area contributed by atoms with E-state index in [9.17, 15) is 9.59 Å². The van der Waals surface area contributed by atoms with Crippen LogP contribution in [-0.4, -0.2) is 23.1 Å². The fourth-order valence-corrected chi connectivity index (χ4v) is 1.46. The first kappa shape index (κ1) is 14.5. The summed E-state index contributed by atoms with van der Waals surface area (Å²) in [6.45, 7) is 3.37. The molecule has 0 heterocycles. The number of nitrogens with zero attached hydrogens (tertiary/aromatic N) is 1. The minimum atomic E-state index is -1.16. The fraction of sp³-hybridized carbons (Fsp3) is 0.214. The van der Waals surface area contributed by atoms with Crippen LogP contribution in [0.1, 0.15) is 29.8 Å². The molecule has 5 nitrogen and oxygen atoms in total. The summed E-state index contributed by atoms with van der Waals surface area (Å²) in [7, 11) is 0. The molecule has 0 aliphatic rings. The summed E-state index contributed by atoms with van der Waals surface area (Å²) in [4.78, 5) is 22.5. The van der Waals surface area contributed by atoms with Crippen LogP contribution in [0.4, 0.5) is 0 Å². The Morgan fingerprint density at radius 1 is 1.32 bits per heavy atom. The van der Waals surface area contributed by atoms with Crippen molar-refractivity contribution in [1.82, 2.24) is 0 Å². The molecule has 1 rings (SSSR count). The van der Waals surface area contributed by atoms with E-state index >= 15 is 0 Å². The van der Waals surface area contributed by atoms with Gasteiger partial charge in [0, 0.05) is 11.6 Å². The molecule has 0 spiro atoms. The predicted molar refractivity (Wildman–Crippen MR) is 68.2 cm³/mol. The van der Waals surface area contributed by atoms with Crippen LogP contribution < -0.4 is 0 Å². The topological polar surface area (TPSA) is 87.4 Å². The maximum atomic E-state index is 11.5. The second-order valence-electron chi connectivity index (χ2n) is 4.01. The number of carboxylic acids is 1. The number of rotatable bonds is 4. The lowest BCUT2D eigenvalue weighted by Gasteiger charge is -2.06. The van der Waals surface area contributed by atoms with Crippen molar-refractivity contribution in [2.75, 3.05) is 0 Å². The van der Waals surface area contributed by atoms with Gasteiger partial charge < -0.3 is 9.84 Å². The molecule has 1 aromatic rings. The third-order valence-electron chi connectivity index (χ3n) is 2.18. The van der Waals surface area contributed by atoms with Crippen molar-refractivity contribution in [3.63, 3.8) is 0 Å². The SMILES string of the molecule is CC(C)OC(=O)C=C(C#N)c1ccccc1C(=O)O. The Morgan fingerprint density at radius 3 is 2.37 bits per heavy atom. The van der Waals surface area contributed by atoms with Crippen LogP contribution in [0.15, 0.2) is 30.3 Å². The Hall–Kier alpha value is -2.61. The van der Waals surface area contributed by atoms with E-state index < -0.39 is 11.9 Å². The normalized spacial score (nSPS) is 10.9. The first-order valence-corrected chi connectivity index (χ1v) is 5.60. The number of carbonyl (C=O) groups excluding carboxylic acids is 1. The lowest BCUT2D eigenvalue weighted by atomic mass is 10.0. The highest BCUT2D eigenvalue weighted by atomic mass is 16.5. The van der Waals surface area contributed by atoms with Crippen LogP contribution >= 0.6 is 0 Å². The van der Waals surface area contributed by atoms with Gasteiger partial charge in [0.25, 0.3) is 0 Å². The third-order valence-corrected chi connectivity index (χ3v) is 2.18. The van der Waals surface area contributed by atoms with E-state index in [0.29, 0.717) is 0 Å². The highest BCUT2D eigenvalue weighted by Gasteiger charge is 2.14. The average molecular weight is 259 g/mol. The van der Waals surface area contributed by atoms with Crippen molar-refractivity contribution < 1.29 is 19.4 Å². The van der Waals surface area contributed by atoms with Crippen molar-refractivity contribution in [2.45, 2.75) is 20.0 Å². The average Bonchev–Trinajstić information content (AvgIpc) is 2.35. The number of allylic oxidation sites excluding steroid dienone is 1. The summed E-state index contributed by atoms with van der Waals surface area (Å²) in [6.07, 6.45) is 0.695. The van der Waals surface area contributed by atoms with Crippen LogP contribution in [0.25, 0.3) is 5.57 Å². The summed E-state index contributed by atoms with van der Waals surface area (Å²) < 4.78 is 4.89. The summed E-state index contributed by atoms with van der Waals surface area (Å²) in [5, 5.41) is 18.1. The zero-order valence-electron chi connectivity index (χ0n) is 10.6. The number of nitriles is 1. The maximum Gasteiger partial charge on any atom is 0.336 e. The van der Waals surface area contributed by atoms with Gasteiger partial charge in [-0.2, -0.15) is 5.26 Å². The lowest BCUT2D eigenvalue weighted by molar-refractivity contribution is -0.141. The van der Waals surface area contributed by atoms with E-state index in [1.54, 1.807) is 26.0 Å². The van der Waals surface area contributed by atoms with Gasteiger partial charge in [-0.3, -0.25) is 0 Å². The number of carboxylic acid groups (broad SMARTS) is 1. The standard InChI is InChI=1S/C14H13NO4/c1-9(2)19-13(16)7-10(8-15)11-5-3-4-6-12(11)14(17)18/h3-7,9H,1-2H3,(H,17,18). The quantitative estimate of drug-likeness (QED) is 0.509. The molecule has 0 bridgehead atoms. The molecule has 0 fully saturated rings. The largest absolute Gasteiger partial charge is 0.478 e. The second-order valence-corrected chi connectivity index (χ2v) is 4.01. The van der Waals surface area contributed by atoms with Gasteiger partial charge in [0.1, 0.15) is 6.07 Å². The molecule has 0 aliphatic carbocycles. The van der Waals surface area contributed by atoms with Gasteiger partial charge in [-0.15, -0.1) is 0 Å². The molecular weight excluding hydrogens is 246 g/mol. The maximum absolute atomic E-state index is 11.5. The predicted octanol–water partition coefficient (Wildman–Crippen LogP) is 2.24. The zero-order valence-corrected chi connectivity index (χ0v) is 10.6. The van der Waals surface area contributed by atoms with Gasteiger partial charge in [0.15, 0.2) is 0 Å². The summed E-state index contributed by atoms with van der Waals surface area (Å²) in [5.74, 6) is -1.83. The van der Waals surface area contributed by atoms with E-state index in [4.69, 9.17) is 15.1 Å². The number of hydrogen-bond acceptors (Lipinski definition) is 4. The number of carbonyl (C=O) groups is 2. The van der Waals surface area contributed by atoms with Crippen molar-refractivity contribution >= 4 is 17.5 Å². The van der Waals surface area contributed by atoms with Gasteiger partial charge in [-0.05, 0) is 19.9 Å². The molecule has 19 heavy (non-hydrogen) atoms. The van der Waals surface area contributed by atoms with Crippen LogP contribution in [0.2, 0.25) is 0 Å². The first-order chi connectivity index (χ1) is 8.95. The molecule has 0 radical (unpaired) electrons. The summed E-state index contributed by atoms with van der Waals surface area (Å²) in [5.41, 5.74) is 0.120. The number of aromatic carboxylic acids is 1. The fourth-order valence-electron chi connectivity index (χ4n) is 1.46.